The van der Waals surface area contributed by atoms with Gasteiger partial charge in [0.15, 0.2) is 5.82 Å². The Kier molecular flexibility index (Phi) is 6.17. The summed E-state index contributed by atoms with van der Waals surface area (Å²) < 4.78 is 8.95. The molecule has 192 valence electrons. The van der Waals surface area contributed by atoms with Crippen LogP contribution in [0.25, 0.3) is 39.4 Å². The first kappa shape index (κ1) is 24.2. The van der Waals surface area contributed by atoms with Gasteiger partial charge in [0, 0.05) is 35.0 Å². The highest BCUT2D eigenvalue weighted by Crippen LogP contribution is 2.27. The second-order valence-electron chi connectivity index (χ2n) is 8.52. The van der Waals surface area contributed by atoms with E-state index in [-0.39, 0.29) is 11.2 Å². The van der Waals surface area contributed by atoms with Crippen LogP contribution in [-0.2, 0) is 0 Å². The molecule has 0 fully saturated rings. The van der Waals surface area contributed by atoms with Crippen LogP contribution in [0.3, 0.4) is 0 Å². The predicted molar refractivity (Wildman–Crippen MR) is 148 cm³/mol. The first-order chi connectivity index (χ1) is 19.0. The molecule has 0 aliphatic heterocycles. The van der Waals surface area contributed by atoms with Gasteiger partial charge in [-0.1, -0.05) is 29.5 Å². The van der Waals surface area contributed by atoms with Crippen molar-refractivity contribution in [2.75, 3.05) is 6.61 Å². The zero-order valence-electron chi connectivity index (χ0n) is 20.6. The number of para-hydroxylation sites is 1. The van der Waals surface area contributed by atoms with Crippen molar-refractivity contribution in [1.29, 1.82) is 0 Å². The number of nitro benzene ring substituents is 1. The smallest absolute Gasteiger partial charge is 0.291 e. The maximum atomic E-state index is 13.3. The molecule has 39 heavy (non-hydrogen) atoms. The van der Waals surface area contributed by atoms with Crippen molar-refractivity contribution in [3.05, 3.63) is 116 Å². The van der Waals surface area contributed by atoms with Gasteiger partial charge in [-0.05, 0) is 61.5 Å². The minimum Gasteiger partial charge on any atom is -0.494 e. The lowest BCUT2D eigenvalue weighted by Crippen LogP contribution is -2.23. The Bertz CT molecular complexity index is 1910. The third-order valence-electron chi connectivity index (χ3n) is 6.01. The molecule has 0 aliphatic rings. The summed E-state index contributed by atoms with van der Waals surface area (Å²) in [6.07, 6.45) is 3.58. The molecule has 0 saturated carbocycles. The lowest BCUT2D eigenvalue weighted by Gasteiger charge is -2.02. The fourth-order valence-corrected chi connectivity index (χ4v) is 5.03. The second-order valence-corrected chi connectivity index (χ2v) is 9.53. The Morgan fingerprint density at radius 1 is 0.974 bits per heavy atom. The zero-order valence-corrected chi connectivity index (χ0v) is 21.4. The number of ether oxygens (including phenoxy) is 1. The Labute approximate surface area is 225 Å². The van der Waals surface area contributed by atoms with E-state index in [0.717, 1.165) is 17.0 Å². The molecular formula is C28H20N6O4S. The van der Waals surface area contributed by atoms with Gasteiger partial charge in [0.2, 0.25) is 4.96 Å². The third kappa shape index (κ3) is 4.66. The number of non-ortho nitro benzene ring substituents is 1. The average molecular weight is 537 g/mol. The molecule has 3 heterocycles. The van der Waals surface area contributed by atoms with Gasteiger partial charge in [-0.2, -0.15) is 14.6 Å². The van der Waals surface area contributed by atoms with Gasteiger partial charge in [0.05, 0.1) is 21.7 Å². The van der Waals surface area contributed by atoms with Crippen molar-refractivity contribution in [1.82, 2.24) is 24.4 Å². The van der Waals surface area contributed by atoms with Crippen molar-refractivity contribution in [2.24, 2.45) is 0 Å². The number of fused-ring (bicyclic) bond motifs is 1. The Morgan fingerprint density at radius 3 is 2.36 bits per heavy atom. The summed E-state index contributed by atoms with van der Waals surface area (Å²) in [5.74, 6) is 1.21. The number of aromatic nitrogens is 5. The van der Waals surface area contributed by atoms with Crippen molar-refractivity contribution in [3.8, 4) is 34.1 Å². The quantitative estimate of drug-likeness (QED) is 0.217. The van der Waals surface area contributed by atoms with Gasteiger partial charge >= 0.3 is 0 Å². The summed E-state index contributed by atoms with van der Waals surface area (Å²) in [7, 11) is 0. The largest absolute Gasteiger partial charge is 0.494 e. The van der Waals surface area contributed by atoms with E-state index in [2.05, 4.69) is 10.1 Å². The summed E-state index contributed by atoms with van der Waals surface area (Å²) >= 11 is 1.23. The molecule has 0 N–H and O–H groups in total. The van der Waals surface area contributed by atoms with E-state index in [9.17, 15) is 14.9 Å². The highest BCUT2D eigenvalue weighted by Gasteiger charge is 2.16. The molecule has 0 aliphatic carbocycles. The van der Waals surface area contributed by atoms with Crippen molar-refractivity contribution >= 4 is 28.1 Å². The molecule has 3 aromatic heterocycles. The number of nitrogens with zero attached hydrogens (tertiary/aromatic N) is 6. The van der Waals surface area contributed by atoms with Gasteiger partial charge in [0.25, 0.3) is 11.2 Å². The van der Waals surface area contributed by atoms with E-state index in [1.54, 1.807) is 22.9 Å². The first-order valence-corrected chi connectivity index (χ1v) is 12.9. The lowest BCUT2D eigenvalue weighted by molar-refractivity contribution is -0.384. The fraction of sp³-hybridized carbons (Fsp3) is 0.0714. The van der Waals surface area contributed by atoms with Crippen LogP contribution in [0.1, 0.15) is 12.5 Å². The molecule has 0 saturated heterocycles. The highest BCUT2D eigenvalue weighted by atomic mass is 32.1. The Morgan fingerprint density at radius 2 is 1.69 bits per heavy atom. The molecule has 3 aromatic carbocycles. The molecule has 0 unspecified atom stereocenters. The fourth-order valence-electron chi connectivity index (χ4n) is 4.14. The van der Waals surface area contributed by atoms with E-state index in [1.807, 2.05) is 67.7 Å². The molecule has 0 bridgehead atoms. The van der Waals surface area contributed by atoms with Crippen LogP contribution in [0.2, 0.25) is 0 Å². The third-order valence-corrected chi connectivity index (χ3v) is 6.97. The van der Waals surface area contributed by atoms with Crippen LogP contribution in [-0.4, -0.2) is 35.9 Å². The van der Waals surface area contributed by atoms with E-state index >= 15 is 0 Å². The van der Waals surface area contributed by atoms with Gasteiger partial charge < -0.3 is 4.74 Å². The second kappa shape index (κ2) is 9.95. The van der Waals surface area contributed by atoms with Crippen LogP contribution >= 0.6 is 11.3 Å². The minimum atomic E-state index is -0.445. The molecule has 6 aromatic rings. The normalized spacial score (nSPS) is 11.8. The van der Waals surface area contributed by atoms with Crippen molar-refractivity contribution in [3.63, 3.8) is 0 Å². The molecule has 0 atom stereocenters. The van der Waals surface area contributed by atoms with Gasteiger partial charge in [-0.25, -0.2) is 4.68 Å². The molecule has 11 heteroatoms. The van der Waals surface area contributed by atoms with E-state index in [4.69, 9.17) is 9.84 Å². The lowest BCUT2D eigenvalue weighted by atomic mass is 10.1. The van der Waals surface area contributed by atoms with Crippen LogP contribution in [0.5, 0.6) is 5.75 Å². The van der Waals surface area contributed by atoms with Crippen LogP contribution < -0.4 is 14.8 Å². The van der Waals surface area contributed by atoms with E-state index in [0.29, 0.717) is 38.7 Å². The van der Waals surface area contributed by atoms with Gasteiger partial charge in [-0.3, -0.25) is 14.9 Å². The highest BCUT2D eigenvalue weighted by molar-refractivity contribution is 7.15. The number of rotatable bonds is 7. The Balaban J connectivity index is 1.43. The number of hydrogen-bond donors (Lipinski definition) is 0. The maximum Gasteiger partial charge on any atom is 0.291 e. The summed E-state index contributed by atoms with van der Waals surface area (Å²) in [4.78, 5) is 29.0. The minimum absolute atomic E-state index is 0.0116. The summed E-state index contributed by atoms with van der Waals surface area (Å²) in [6.45, 7) is 2.50. The van der Waals surface area contributed by atoms with Crippen LogP contribution in [0.4, 0.5) is 5.69 Å². The van der Waals surface area contributed by atoms with Crippen LogP contribution in [0, 0.1) is 10.1 Å². The SMILES string of the molecule is CCOc1ccc(-c2nc3s/c(=C\c4cn(-c5ccccc5)nc4-c4ccc([N+](=O)[O-])cc4)c(=O)n3n2)cc1. The standard InChI is InChI=1S/C28H20N6O4S/c1-2-38-23-14-10-19(11-15-23)26-29-28-33(31-26)27(35)24(39-28)16-20-17-32(21-6-4-3-5-7-21)30-25(20)18-8-12-22(13-9-18)34(36)37/h3-17H,2H2,1H3/b24-16-. The summed E-state index contributed by atoms with van der Waals surface area (Å²) in [5, 5.41) is 20.3. The Hall–Kier alpha value is -5.16. The molecule has 10 nitrogen and oxygen atoms in total. The number of benzene rings is 3. The average Bonchev–Trinajstić information content (AvgIpc) is 3.65. The number of thiazole rings is 1. The monoisotopic (exact) mass is 536 g/mol. The summed E-state index contributed by atoms with van der Waals surface area (Å²) in [5.41, 5.74) is 3.27. The maximum absolute atomic E-state index is 13.3. The number of hydrogen-bond acceptors (Lipinski definition) is 8. The number of nitro groups is 1. The molecule has 6 rings (SSSR count). The van der Waals surface area contributed by atoms with Crippen molar-refractivity contribution in [2.45, 2.75) is 6.92 Å². The van der Waals surface area contributed by atoms with Crippen LogP contribution in [0.15, 0.2) is 89.9 Å². The van der Waals surface area contributed by atoms with Crippen molar-refractivity contribution < 1.29 is 9.66 Å². The summed E-state index contributed by atoms with van der Waals surface area (Å²) in [6, 6.07) is 23.1. The van der Waals surface area contributed by atoms with E-state index < -0.39 is 4.92 Å². The predicted octanol–water partition coefficient (Wildman–Crippen LogP) is 4.53. The van der Waals surface area contributed by atoms with E-state index in [1.165, 1.54) is 28.0 Å². The van der Waals surface area contributed by atoms with Gasteiger partial charge in [-0.15, -0.1) is 5.10 Å². The first-order valence-electron chi connectivity index (χ1n) is 12.0. The molecule has 0 radical (unpaired) electrons. The topological polar surface area (TPSA) is 117 Å². The molecular weight excluding hydrogens is 516 g/mol. The molecule has 0 spiro atoms. The zero-order chi connectivity index (χ0) is 26.9. The molecule has 0 amide bonds. The van der Waals surface area contributed by atoms with Gasteiger partial charge in [0.1, 0.15) is 11.4 Å².